The van der Waals surface area contributed by atoms with Gasteiger partial charge in [0.25, 0.3) is 0 Å². The van der Waals surface area contributed by atoms with E-state index >= 15 is 0 Å². The number of nitrogens with one attached hydrogen (secondary N) is 1. The standard InChI is InChI=1S/C16H32N2O/c1-18-12-6-3-7-15(18)8-11-17-13-16(14-19)9-4-2-5-10-16/h15,17,19H,2-14H2,1H3. The molecule has 2 rings (SSSR count). The molecular weight excluding hydrogens is 236 g/mol. The maximum atomic E-state index is 9.68. The number of aliphatic hydroxyl groups excluding tert-OH is 1. The van der Waals surface area contributed by atoms with Gasteiger partial charge in [-0.25, -0.2) is 0 Å². The fraction of sp³-hybridized carbons (Fsp3) is 1.00. The second-order valence-corrected chi connectivity index (χ2v) is 6.81. The zero-order chi connectivity index (χ0) is 13.6. The average molecular weight is 268 g/mol. The van der Waals surface area contributed by atoms with Crippen LogP contribution in [0.15, 0.2) is 0 Å². The second-order valence-electron chi connectivity index (χ2n) is 6.81. The molecule has 0 bridgehead atoms. The highest BCUT2D eigenvalue weighted by Crippen LogP contribution is 2.35. The summed E-state index contributed by atoms with van der Waals surface area (Å²) >= 11 is 0. The Labute approximate surface area is 118 Å². The van der Waals surface area contributed by atoms with Crippen LogP contribution in [-0.2, 0) is 0 Å². The summed E-state index contributed by atoms with van der Waals surface area (Å²) in [5, 5.41) is 13.3. The summed E-state index contributed by atoms with van der Waals surface area (Å²) in [6, 6.07) is 0.776. The summed E-state index contributed by atoms with van der Waals surface area (Å²) in [5.74, 6) is 0. The Bertz CT molecular complexity index is 251. The predicted octanol–water partition coefficient (Wildman–Crippen LogP) is 2.39. The van der Waals surface area contributed by atoms with E-state index in [2.05, 4.69) is 17.3 Å². The molecule has 1 aliphatic heterocycles. The largest absolute Gasteiger partial charge is 0.396 e. The van der Waals surface area contributed by atoms with E-state index in [9.17, 15) is 5.11 Å². The van der Waals surface area contributed by atoms with Crippen molar-refractivity contribution in [3.05, 3.63) is 0 Å². The Morgan fingerprint density at radius 2 is 1.95 bits per heavy atom. The zero-order valence-corrected chi connectivity index (χ0v) is 12.7. The van der Waals surface area contributed by atoms with Crippen LogP contribution < -0.4 is 5.32 Å². The number of rotatable bonds is 6. The van der Waals surface area contributed by atoms with Crippen LogP contribution in [-0.4, -0.2) is 49.3 Å². The monoisotopic (exact) mass is 268 g/mol. The van der Waals surface area contributed by atoms with E-state index < -0.39 is 0 Å². The molecule has 3 heteroatoms. The van der Waals surface area contributed by atoms with Crippen LogP contribution in [0.1, 0.15) is 57.8 Å². The first-order valence-corrected chi connectivity index (χ1v) is 8.28. The Morgan fingerprint density at radius 1 is 1.16 bits per heavy atom. The molecule has 0 aromatic rings. The number of hydrogen-bond donors (Lipinski definition) is 2. The van der Waals surface area contributed by atoms with Gasteiger partial charge in [-0.2, -0.15) is 0 Å². The van der Waals surface area contributed by atoms with Crippen molar-refractivity contribution in [2.45, 2.75) is 63.8 Å². The minimum Gasteiger partial charge on any atom is -0.396 e. The second kappa shape index (κ2) is 7.61. The molecule has 2 fully saturated rings. The highest BCUT2D eigenvalue weighted by molar-refractivity contribution is 4.84. The lowest BCUT2D eigenvalue weighted by molar-refractivity contribution is 0.0802. The molecule has 0 radical (unpaired) electrons. The molecule has 0 amide bonds. The van der Waals surface area contributed by atoms with Gasteiger partial charge in [0.1, 0.15) is 0 Å². The van der Waals surface area contributed by atoms with Crippen LogP contribution in [0.4, 0.5) is 0 Å². The van der Waals surface area contributed by atoms with Crippen LogP contribution in [0, 0.1) is 5.41 Å². The summed E-state index contributed by atoms with van der Waals surface area (Å²) in [6.45, 7) is 3.76. The Hall–Kier alpha value is -0.120. The van der Waals surface area contributed by atoms with E-state index in [1.165, 1.54) is 64.3 Å². The van der Waals surface area contributed by atoms with Crippen molar-refractivity contribution in [3.8, 4) is 0 Å². The smallest absolute Gasteiger partial charge is 0.0499 e. The summed E-state index contributed by atoms with van der Waals surface area (Å²) in [5.41, 5.74) is 0.191. The van der Waals surface area contributed by atoms with Crippen molar-refractivity contribution >= 4 is 0 Å². The fourth-order valence-corrected chi connectivity index (χ4v) is 3.82. The lowest BCUT2D eigenvalue weighted by Crippen LogP contribution is -2.42. The number of piperidine rings is 1. The maximum absolute atomic E-state index is 9.68. The van der Waals surface area contributed by atoms with Crippen LogP contribution >= 0.6 is 0 Å². The minimum absolute atomic E-state index is 0.191. The Balaban J connectivity index is 1.65. The van der Waals surface area contributed by atoms with Gasteiger partial charge >= 0.3 is 0 Å². The average Bonchev–Trinajstić information content (AvgIpc) is 2.46. The highest BCUT2D eigenvalue weighted by atomic mass is 16.3. The lowest BCUT2D eigenvalue weighted by Gasteiger charge is -2.36. The predicted molar refractivity (Wildman–Crippen MR) is 80.4 cm³/mol. The third kappa shape index (κ3) is 4.44. The lowest BCUT2D eigenvalue weighted by atomic mass is 9.74. The molecule has 1 atom stereocenters. The molecule has 0 spiro atoms. The summed E-state index contributed by atoms with van der Waals surface area (Å²) in [7, 11) is 2.26. The SMILES string of the molecule is CN1CCCCC1CCNCC1(CO)CCCCC1. The quantitative estimate of drug-likeness (QED) is 0.726. The maximum Gasteiger partial charge on any atom is 0.0499 e. The number of nitrogens with zero attached hydrogens (tertiary/aromatic N) is 1. The van der Waals surface area contributed by atoms with E-state index in [1.54, 1.807) is 0 Å². The summed E-state index contributed by atoms with van der Waals surface area (Å²) < 4.78 is 0. The molecule has 2 N–H and O–H groups in total. The fourth-order valence-electron chi connectivity index (χ4n) is 3.82. The van der Waals surface area contributed by atoms with Gasteiger partial charge in [-0.3, -0.25) is 0 Å². The van der Waals surface area contributed by atoms with Gasteiger partial charge in [-0.05, 0) is 52.2 Å². The molecule has 2 aliphatic rings. The van der Waals surface area contributed by atoms with Gasteiger partial charge in [0, 0.05) is 24.6 Å². The molecule has 1 unspecified atom stereocenters. The molecule has 3 nitrogen and oxygen atoms in total. The summed E-state index contributed by atoms with van der Waals surface area (Å²) in [4.78, 5) is 2.52. The van der Waals surface area contributed by atoms with Crippen molar-refractivity contribution in [1.82, 2.24) is 10.2 Å². The molecule has 1 heterocycles. The number of aliphatic hydroxyl groups is 1. The topological polar surface area (TPSA) is 35.5 Å². The minimum atomic E-state index is 0.191. The van der Waals surface area contributed by atoms with Crippen LogP contribution in [0.3, 0.4) is 0 Å². The third-order valence-electron chi connectivity index (χ3n) is 5.33. The first-order valence-electron chi connectivity index (χ1n) is 8.28. The zero-order valence-electron chi connectivity index (χ0n) is 12.7. The first kappa shape index (κ1) is 15.3. The number of likely N-dealkylation sites (tertiary alicyclic amines) is 1. The van der Waals surface area contributed by atoms with Crippen LogP contribution in [0.2, 0.25) is 0 Å². The van der Waals surface area contributed by atoms with Gasteiger partial charge in [0.15, 0.2) is 0 Å². The van der Waals surface area contributed by atoms with E-state index in [-0.39, 0.29) is 5.41 Å². The molecule has 1 saturated heterocycles. The molecule has 19 heavy (non-hydrogen) atoms. The normalized spacial score (nSPS) is 28.4. The van der Waals surface area contributed by atoms with E-state index in [1.807, 2.05) is 0 Å². The van der Waals surface area contributed by atoms with Crippen molar-refractivity contribution < 1.29 is 5.11 Å². The molecule has 1 saturated carbocycles. The van der Waals surface area contributed by atoms with Crippen molar-refractivity contribution in [1.29, 1.82) is 0 Å². The molecule has 1 aliphatic carbocycles. The highest BCUT2D eigenvalue weighted by Gasteiger charge is 2.30. The molecular formula is C16H32N2O. The van der Waals surface area contributed by atoms with Crippen molar-refractivity contribution in [2.75, 3.05) is 33.3 Å². The van der Waals surface area contributed by atoms with E-state index in [4.69, 9.17) is 0 Å². The number of hydrogen-bond acceptors (Lipinski definition) is 3. The first-order chi connectivity index (χ1) is 9.26. The van der Waals surface area contributed by atoms with Gasteiger partial charge < -0.3 is 15.3 Å². The Kier molecular flexibility index (Phi) is 6.11. The third-order valence-corrected chi connectivity index (χ3v) is 5.33. The van der Waals surface area contributed by atoms with E-state index in [0.717, 1.165) is 19.1 Å². The Morgan fingerprint density at radius 3 is 2.63 bits per heavy atom. The van der Waals surface area contributed by atoms with Gasteiger partial charge in [-0.15, -0.1) is 0 Å². The van der Waals surface area contributed by atoms with Crippen LogP contribution in [0.5, 0.6) is 0 Å². The summed E-state index contributed by atoms with van der Waals surface area (Å²) in [6.07, 6.45) is 11.8. The van der Waals surface area contributed by atoms with Gasteiger partial charge in [-0.1, -0.05) is 25.7 Å². The van der Waals surface area contributed by atoms with Crippen molar-refractivity contribution in [2.24, 2.45) is 5.41 Å². The van der Waals surface area contributed by atoms with E-state index in [0.29, 0.717) is 6.61 Å². The molecule has 112 valence electrons. The molecule has 0 aromatic heterocycles. The van der Waals surface area contributed by atoms with Crippen molar-refractivity contribution in [3.63, 3.8) is 0 Å². The van der Waals surface area contributed by atoms with Gasteiger partial charge in [0.05, 0.1) is 0 Å². The van der Waals surface area contributed by atoms with Crippen LogP contribution in [0.25, 0.3) is 0 Å². The van der Waals surface area contributed by atoms with Gasteiger partial charge in [0.2, 0.25) is 0 Å². The molecule has 0 aromatic carbocycles.